The number of carbonyl (C=O) groups excluding carboxylic acids is 2. The van der Waals surface area contributed by atoms with Crippen LogP contribution < -0.4 is 4.74 Å². The molecule has 1 amide bonds. The second kappa shape index (κ2) is 8.21. The number of amides is 1. The Morgan fingerprint density at radius 3 is 2.50 bits per heavy atom. The van der Waals surface area contributed by atoms with Gasteiger partial charge in [0.2, 0.25) is 0 Å². The van der Waals surface area contributed by atoms with Crippen LogP contribution in [-0.4, -0.2) is 43.6 Å². The maximum atomic E-state index is 12.6. The van der Waals surface area contributed by atoms with Crippen LogP contribution in [0.2, 0.25) is 0 Å². The van der Waals surface area contributed by atoms with E-state index in [1.165, 1.54) is 32.8 Å². The Labute approximate surface area is 165 Å². The van der Waals surface area contributed by atoms with Crippen LogP contribution in [0.25, 0.3) is 10.8 Å². The fraction of sp³-hybridized carbons (Fsp3) is 0.478. The lowest BCUT2D eigenvalue weighted by molar-refractivity contribution is -0.137. The van der Waals surface area contributed by atoms with Crippen molar-refractivity contribution >= 4 is 22.6 Å². The van der Waals surface area contributed by atoms with Crippen molar-refractivity contribution in [3.8, 4) is 5.75 Å². The first-order chi connectivity index (χ1) is 13.7. The van der Waals surface area contributed by atoms with Crippen LogP contribution in [0.4, 0.5) is 0 Å². The van der Waals surface area contributed by atoms with Gasteiger partial charge >= 0.3 is 5.97 Å². The Hall–Kier alpha value is -2.56. The van der Waals surface area contributed by atoms with Crippen LogP contribution in [0.5, 0.6) is 5.75 Å². The van der Waals surface area contributed by atoms with E-state index in [2.05, 4.69) is 0 Å². The highest BCUT2D eigenvalue weighted by Gasteiger charge is 2.33. The number of benzene rings is 2. The summed E-state index contributed by atoms with van der Waals surface area (Å²) in [5.41, 5.74) is 0.347. The highest BCUT2D eigenvalue weighted by Crippen LogP contribution is 2.36. The molecule has 0 spiro atoms. The van der Waals surface area contributed by atoms with Gasteiger partial charge in [-0.05, 0) is 47.6 Å². The van der Waals surface area contributed by atoms with Crippen LogP contribution in [0.1, 0.15) is 42.5 Å². The molecule has 4 rings (SSSR count). The summed E-state index contributed by atoms with van der Waals surface area (Å²) in [6, 6.07) is 11.3. The summed E-state index contributed by atoms with van der Waals surface area (Å²) in [6.07, 6.45) is 6.16. The third-order valence-electron chi connectivity index (χ3n) is 6.26. The first-order valence-corrected chi connectivity index (χ1v) is 10.2. The first-order valence-electron chi connectivity index (χ1n) is 10.2. The van der Waals surface area contributed by atoms with Gasteiger partial charge in [-0.1, -0.05) is 43.5 Å². The minimum atomic E-state index is -0.525. The zero-order chi connectivity index (χ0) is 19.5. The summed E-state index contributed by atoms with van der Waals surface area (Å²) in [5, 5.41) is 1.92. The highest BCUT2D eigenvalue weighted by molar-refractivity contribution is 5.99. The zero-order valence-corrected chi connectivity index (χ0v) is 16.4. The number of likely N-dealkylation sites (tertiary alicyclic amines) is 1. The van der Waals surface area contributed by atoms with Crippen molar-refractivity contribution < 1.29 is 19.1 Å². The SMILES string of the molecule is COc1cc2ccccc2cc1C(=O)OCC(=O)N1CC[C@@H]2CCCC[C@H]2C1. The summed E-state index contributed by atoms with van der Waals surface area (Å²) >= 11 is 0. The van der Waals surface area contributed by atoms with Crippen molar-refractivity contribution in [1.29, 1.82) is 0 Å². The molecule has 2 aromatic rings. The quantitative estimate of drug-likeness (QED) is 0.750. The van der Waals surface area contributed by atoms with Crippen LogP contribution in [0, 0.1) is 11.8 Å². The van der Waals surface area contributed by atoms with Gasteiger partial charge in [-0.2, -0.15) is 0 Å². The average Bonchev–Trinajstić information content (AvgIpc) is 2.75. The molecule has 148 valence electrons. The molecule has 1 saturated carbocycles. The molecule has 2 aromatic carbocycles. The molecule has 2 atom stereocenters. The Bertz CT molecular complexity index is 878. The molecule has 28 heavy (non-hydrogen) atoms. The van der Waals surface area contributed by atoms with E-state index in [1.54, 1.807) is 6.07 Å². The van der Waals surface area contributed by atoms with E-state index in [1.807, 2.05) is 35.2 Å². The van der Waals surface area contributed by atoms with E-state index in [4.69, 9.17) is 9.47 Å². The molecule has 0 bridgehead atoms. The number of fused-ring (bicyclic) bond motifs is 2. The van der Waals surface area contributed by atoms with Gasteiger partial charge in [0.1, 0.15) is 11.3 Å². The number of carbonyl (C=O) groups is 2. The third-order valence-corrected chi connectivity index (χ3v) is 6.26. The van der Waals surface area contributed by atoms with Gasteiger partial charge in [0.25, 0.3) is 5.91 Å². The molecule has 0 unspecified atom stereocenters. The molecule has 1 aliphatic heterocycles. The number of rotatable bonds is 4. The van der Waals surface area contributed by atoms with Crippen molar-refractivity contribution in [2.24, 2.45) is 11.8 Å². The van der Waals surface area contributed by atoms with Gasteiger partial charge in [0.05, 0.1) is 7.11 Å². The van der Waals surface area contributed by atoms with Gasteiger partial charge in [0, 0.05) is 13.1 Å². The minimum absolute atomic E-state index is 0.0999. The molecule has 1 saturated heterocycles. The number of hydrogen-bond donors (Lipinski definition) is 0. The minimum Gasteiger partial charge on any atom is -0.496 e. The maximum Gasteiger partial charge on any atom is 0.342 e. The lowest BCUT2D eigenvalue weighted by Gasteiger charge is -2.41. The van der Waals surface area contributed by atoms with E-state index in [0.717, 1.165) is 36.2 Å². The molecular weight excluding hydrogens is 354 g/mol. The number of esters is 1. The summed E-state index contributed by atoms with van der Waals surface area (Å²) in [5.74, 6) is 1.21. The summed E-state index contributed by atoms with van der Waals surface area (Å²) in [6.45, 7) is 1.36. The number of hydrogen-bond acceptors (Lipinski definition) is 4. The van der Waals surface area contributed by atoms with Crippen molar-refractivity contribution in [3.05, 3.63) is 42.0 Å². The highest BCUT2D eigenvalue weighted by atomic mass is 16.5. The van der Waals surface area contributed by atoms with Gasteiger partial charge in [-0.25, -0.2) is 4.79 Å². The third kappa shape index (κ3) is 3.84. The predicted octanol–water partition coefficient (Wildman–Crippen LogP) is 4.04. The van der Waals surface area contributed by atoms with Crippen molar-refractivity contribution in [1.82, 2.24) is 4.90 Å². The van der Waals surface area contributed by atoms with E-state index in [9.17, 15) is 9.59 Å². The molecule has 0 aromatic heterocycles. The predicted molar refractivity (Wildman–Crippen MR) is 107 cm³/mol. The monoisotopic (exact) mass is 381 g/mol. The van der Waals surface area contributed by atoms with Gasteiger partial charge in [0.15, 0.2) is 6.61 Å². The second-order valence-electron chi connectivity index (χ2n) is 7.91. The molecule has 1 heterocycles. The zero-order valence-electron chi connectivity index (χ0n) is 16.4. The van der Waals surface area contributed by atoms with Crippen LogP contribution >= 0.6 is 0 Å². The lowest BCUT2D eigenvalue weighted by Crippen LogP contribution is -2.46. The van der Waals surface area contributed by atoms with E-state index < -0.39 is 5.97 Å². The number of nitrogens with zero attached hydrogens (tertiary/aromatic N) is 1. The Morgan fingerprint density at radius 2 is 1.75 bits per heavy atom. The smallest absolute Gasteiger partial charge is 0.342 e. The van der Waals surface area contributed by atoms with E-state index >= 15 is 0 Å². The van der Waals surface area contributed by atoms with Crippen molar-refractivity contribution in [2.45, 2.75) is 32.1 Å². The molecule has 2 fully saturated rings. The molecule has 1 aliphatic carbocycles. The van der Waals surface area contributed by atoms with Crippen LogP contribution in [0.15, 0.2) is 36.4 Å². The normalized spacial score (nSPS) is 21.8. The Morgan fingerprint density at radius 1 is 1.04 bits per heavy atom. The van der Waals surface area contributed by atoms with Crippen LogP contribution in [0.3, 0.4) is 0 Å². The standard InChI is InChI=1S/C23H27NO4/c1-27-21-13-18-8-4-3-7-17(18)12-20(21)23(26)28-15-22(25)24-11-10-16-6-2-5-9-19(16)14-24/h3-4,7-8,12-13,16,19H,2,5-6,9-11,14-15H2,1H3/t16-,19-/m0/s1. The molecule has 5 heteroatoms. The van der Waals surface area contributed by atoms with Crippen LogP contribution in [-0.2, 0) is 9.53 Å². The molecule has 2 aliphatic rings. The largest absolute Gasteiger partial charge is 0.496 e. The molecule has 0 radical (unpaired) electrons. The first kappa shape index (κ1) is 18.8. The topological polar surface area (TPSA) is 55.8 Å². The van der Waals surface area contributed by atoms with Gasteiger partial charge < -0.3 is 14.4 Å². The number of methoxy groups -OCH3 is 1. The Balaban J connectivity index is 1.40. The Kier molecular flexibility index (Phi) is 5.51. The molecular formula is C23H27NO4. The number of ether oxygens (including phenoxy) is 2. The van der Waals surface area contributed by atoms with Crippen molar-refractivity contribution in [2.75, 3.05) is 26.8 Å². The fourth-order valence-electron chi connectivity index (χ4n) is 4.67. The number of piperidine rings is 1. The second-order valence-corrected chi connectivity index (χ2v) is 7.91. The van der Waals surface area contributed by atoms with Gasteiger partial charge in [-0.15, -0.1) is 0 Å². The summed E-state index contributed by atoms with van der Waals surface area (Å²) in [7, 11) is 1.53. The van der Waals surface area contributed by atoms with Gasteiger partial charge in [-0.3, -0.25) is 4.79 Å². The van der Waals surface area contributed by atoms with E-state index in [-0.39, 0.29) is 12.5 Å². The fourth-order valence-corrected chi connectivity index (χ4v) is 4.67. The van der Waals surface area contributed by atoms with E-state index in [0.29, 0.717) is 17.2 Å². The van der Waals surface area contributed by atoms with Crippen molar-refractivity contribution in [3.63, 3.8) is 0 Å². The lowest BCUT2D eigenvalue weighted by atomic mass is 9.75. The summed E-state index contributed by atoms with van der Waals surface area (Å²) in [4.78, 5) is 27.1. The average molecular weight is 381 g/mol. The molecule has 0 N–H and O–H groups in total. The molecule has 5 nitrogen and oxygen atoms in total. The summed E-state index contributed by atoms with van der Waals surface area (Å²) < 4.78 is 10.7. The maximum absolute atomic E-state index is 12.6.